The molecule has 1 atom stereocenters. The molecule has 2 aromatic heterocycles. The molecule has 0 spiro atoms. The summed E-state index contributed by atoms with van der Waals surface area (Å²) in [6.07, 6.45) is 5.28. The molecule has 1 aliphatic rings. The summed E-state index contributed by atoms with van der Waals surface area (Å²) in [4.78, 5) is 6.45. The number of hydrogen-bond donors (Lipinski definition) is 1. The van der Waals surface area contributed by atoms with Crippen LogP contribution in [0.2, 0.25) is 0 Å². The van der Waals surface area contributed by atoms with Crippen molar-refractivity contribution in [3.05, 3.63) is 40.2 Å². The van der Waals surface area contributed by atoms with Crippen LogP contribution in [0.4, 0.5) is 0 Å². The lowest BCUT2D eigenvalue weighted by Crippen LogP contribution is -2.25. The van der Waals surface area contributed by atoms with E-state index in [9.17, 15) is 5.11 Å². The molecule has 1 unspecified atom stereocenters. The summed E-state index contributed by atoms with van der Waals surface area (Å²) in [5.74, 6) is 1.84. The van der Waals surface area contributed by atoms with Crippen molar-refractivity contribution in [1.29, 1.82) is 0 Å². The standard InChI is InChI=1S/C16H22N2O3S/c19-8-7-18(12-16-17-6-10-22-16)11-13-4-5-15(21-13)14-3-1-2-9-20-14/h4-6,10,14,19H,1-3,7-9,11-12H2. The van der Waals surface area contributed by atoms with Crippen molar-refractivity contribution >= 4 is 11.3 Å². The van der Waals surface area contributed by atoms with Gasteiger partial charge in [0.2, 0.25) is 0 Å². The normalized spacial score (nSPS) is 18.9. The van der Waals surface area contributed by atoms with Crippen molar-refractivity contribution in [1.82, 2.24) is 9.88 Å². The van der Waals surface area contributed by atoms with Crippen LogP contribution in [0.3, 0.4) is 0 Å². The van der Waals surface area contributed by atoms with Gasteiger partial charge < -0.3 is 14.3 Å². The lowest BCUT2D eigenvalue weighted by atomic mass is 10.1. The van der Waals surface area contributed by atoms with Crippen LogP contribution in [0.5, 0.6) is 0 Å². The van der Waals surface area contributed by atoms with Crippen LogP contribution in [0.15, 0.2) is 28.1 Å². The quantitative estimate of drug-likeness (QED) is 0.849. The Balaban J connectivity index is 1.61. The maximum atomic E-state index is 9.24. The molecule has 0 radical (unpaired) electrons. The molecule has 0 bridgehead atoms. The minimum atomic E-state index is 0.104. The van der Waals surface area contributed by atoms with Crippen molar-refractivity contribution in [3.63, 3.8) is 0 Å². The minimum Gasteiger partial charge on any atom is -0.462 e. The third-order valence-corrected chi connectivity index (χ3v) is 4.58. The largest absolute Gasteiger partial charge is 0.462 e. The average Bonchev–Trinajstić information content (AvgIpc) is 3.20. The molecule has 1 N–H and O–H groups in total. The SMILES string of the molecule is OCCN(Cc1ccc(C2CCCCO2)o1)Cc1nccs1. The van der Waals surface area contributed by atoms with Gasteiger partial charge in [0.05, 0.1) is 19.7 Å². The fraction of sp³-hybridized carbons (Fsp3) is 0.562. The zero-order valence-corrected chi connectivity index (χ0v) is 13.4. The number of aliphatic hydroxyl groups is 1. The Morgan fingerprint density at radius 1 is 1.32 bits per heavy atom. The molecule has 0 aromatic carbocycles. The van der Waals surface area contributed by atoms with Gasteiger partial charge in [0.15, 0.2) is 0 Å². The second-order valence-corrected chi connectivity index (χ2v) is 6.50. The first-order valence-corrected chi connectivity index (χ1v) is 8.65. The Morgan fingerprint density at radius 3 is 3.00 bits per heavy atom. The third-order valence-electron chi connectivity index (χ3n) is 3.82. The van der Waals surface area contributed by atoms with E-state index in [1.54, 1.807) is 11.3 Å². The average molecular weight is 322 g/mol. The highest BCUT2D eigenvalue weighted by Gasteiger charge is 2.20. The minimum absolute atomic E-state index is 0.104. The van der Waals surface area contributed by atoms with E-state index >= 15 is 0 Å². The maximum absolute atomic E-state index is 9.24. The highest BCUT2D eigenvalue weighted by molar-refractivity contribution is 7.09. The molecule has 22 heavy (non-hydrogen) atoms. The second-order valence-electron chi connectivity index (χ2n) is 5.52. The predicted molar refractivity (Wildman–Crippen MR) is 84.6 cm³/mol. The van der Waals surface area contributed by atoms with E-state index in [1.165, 1.54) is 6.42 Å². The van der Waals surface area contributed by atoms with Gasteiger partial charge in [-0.2, -0.15) is 0 Å². The highest BCUT2D eigenvalue weighted by Crippen LogP contribution is 2.29. The Kier molecular flexibility index (Phi) is 5.61. The summed E-state index contributed by atoms with van der Waals surface area (Å²) in [6.45, 7) is 2.96. The fourth-order valence-corrected chi connectivity index (χ4v) is 3.37. The van der Waals surface area contributed by atoms with Gasteiger partial charge in [-0.1, -0.05) is 0 Å². The molecular formula is C16H22N2O3S. The Labute approximate surface area is 134 Å². The van der Waals surface area contributed by atoms with Crippen LogP contribution < -0.4 is 0 Å². The summed E-state index contributed by atoms with van der Waals surface area (Å²) in [6, 6.07) is 4.03. The number of aliphatic hydroxyl groups excluding tert-OH is 1. The topological polar surface area (TPSA) is 58.7 Å². The molecule has 3 heterocycles. The molecule has 5 nitrogen and oxygen atoms in total. The van der Waals surface area contributed by atoms with Gasteiger partial charge in [-0.15, -0.1) is 11.3 Å². The lowest BCUT2D eigenvalue weighted by Gasteiger charge is -2.21. The van der Waals surface area contributed by atoms with E-state index in [2.05, 4.69) is 9.88 Å². The van der Waals surface area contributed by atoms with Crippen LogP contribution in [0.1, 0.15) is 41.9 Å². The maximum Gasteiger partial charge on any atom is 0.133 e. The smallest absolute Gasteiger partial charge is 0.133 e. The molecule has 0 amide bonds. The Bertz CT molecular complexity index is 550. The zero-order chi connectivity index (χ0) is 15.2. The van der Waals surface area contributed by atoms with Gasteiger partial charge in [0.25, 0.3) is 0 Å². The lowest BCUT2D eigenvalue weighted by molar-refractivity contribution is 0.000760. The van der Waals surface area contributed by atoms with Crippen molar-refractivity contribution in [2.24, 2.45) is 0 Å². The number of hydrogen-bond acceptors (Lipinski definition) is 6. The third kappa shape index (κ3) is 4.16. The Morgan fingerprint density at radius 2 is 2.27 bits per heavy atom. The van der Waals surface area contributed by atoms with E-state index < -0.39 is 0 Å². The number of ether oxygens (including phenoxy) is 1. The van der Waals surface area contributed by atoms with Crippen LogP contribution in [0.25, 0.3) is 0 Å². The van der Waals surface area contributed by atoms with Crippen molar-refractivity contribution in [2.45, 2.75) is 38.5 Å². The number of rotatable bonds is 7. The van der Waals surface area contributed by atoms with Gasteiger partial charge in [-0.05, 0) is 31.4 Å². The molecule has 0 saturated carbocycles. The fourth-order valence-electron chi connectivity index (χ4n) is 2.72. The molecule has 3 rings (SSSR count). The van der Waals surface area contributed by atoms with Gasteiger partial charge in [0, 0.05) is 24.7 Å². The first kappa shape index (κ1) is 15.7. The van der Waals surface area contributed by atoms with E-state index in [4.69, 9.17) is 9.15 Å². The highest BCUT2D eigenvalue weighted by atomic mass is 32.1. The summed E-state index contributed by atoms with van der Waals surface area (Å²) in [7, 11) is 0. The molecule has 1 fully saturated rings. The van der Waals surface area contributed by atoms with E-state index in [0.29, 0.717) is 13.1 Å². The van der Waals surface area contributed by atoms with Gasteiger partial charge in [-0.25, -0.2) is 4.98 Å². The summed E-state index contributed by atoms with van der Waals surface area (Å²) in [5.41, 5.74) is 0. The zero-order valence-electron chi connectivity index (χ0n) is 12.6. The summed E-state index contributed by atoms with van der Waals surface area (Å²) in [5, 5.41) is 12.3. The summed E-state index contributed by atoms with van der Waals surface area (Å²) >= 11 is 1.63. The van der Waals surface area contributed by atoms with Crippen molar-refractivity contribution < 1.29 is 14.3 Å². The molecule has 1 saturated heterocycles. The van der Waals surface area contributed by atoms with Crippen molar-refractivity contribution in [3.8, 4) is 0 Å². The van der Waals surface area contributed by atoms with Crippen LogP contribution >= 0.6 is 11.3 Å². The van der Waals surface area contributed by atoms with Gasteiger partial charge in [-0.3, -0.25) is 4.90 Å². The molecule has 6 heteroatoms. The summed E-state index contributed by atoms with van der Waals surface area (Å²) < 4.78 is 11.7. The Hall–Kier alpha value is -1.21. The number of nitrogens with zero attached hydrogens (tertiary/aromatic N) is 2. The predicted octanol–water partition coefficient (Wildman–Crippen LogP) is 2.97. The molecule has 2 aromatic rings. The van der Waals surface area contributed by atoms with Gasteiger partial charge >= 0.3 is 0 Å². The first-order chi connectivity index (χ1) is 10.8. The van der Waals surface area contributed by atoms with Gasteiger partial charge in [0.1, 0.15) is 22.6 Å². The molecular weight excluding hydrogens is 300 g/mol. The number of thiazole rings is 1. The monoisotopic (exact) mass is 322 g/mol. The molecule has 0 aliphatic carbocycles. The number of furan rings is 1. The van der Waals surface area contributed by atoms with Crippen LogP contribution in [-0.2, 0) is 17.8 Å². The number of aromatic nitrogens is 1. The van der Waals surface area contributed by atoms with E-state index in [1.807, 2.05) is 23.7 Å². The second kappa shape index (κ2) is 7.87. The molecule has 1 aliphatic heterocycles. The van der Waals surface area contributed by atoms with E-state index in [0.717, 1.165) is 42.5 Å². The van der Waals surface area contributed by atoms with Crippen LogP contribution in [0, 0.1) is 0 Å². The van der Waals surface area contributed by atoms with Crippen LogP contribution in [-0.4, -0.2) is 34.7 Å². The first-order valence-electron chi connectivity index (χ1n) is 7.77. The van der Waals surface area contributed by atoms with Crippen molar-refractivity contribution in [2.75, 3.05) is 19.8 Å². The molecule has 120 valence electrons. The van der Waals surface area contributed by atoms with E-state index in [-0.39, 0.29) is 12.7 Å².